The molecule has 0 aliphatic carbocycles. The molecule has 2 saturated heterocycles. The van der Waals surface area contributed by atoms with E-state index in [1.54, 1.807) is 17.9 Å². The number of likely N-dealkylation sites (N-methyl/N-ethyl adjacent to an activating group) is 1. The van der Waals surface area contributed by atoms with Gasteiger partial charge in [0.1, 0.15) is 6.04 Å². The fraction of sp³-hybridized carbons (Fsp3) is 0.706. The van der Waals surface area contributed by atoms with E-state index in [4.69, 9.17) is 4.74 Å². The van der Waals surface area contributed by atoms with Crippen LogP contribution in [-0.2, 0) is 21.4 Å². The number of carbonyl (C=O) groups excluding carboxylic acids is 2. The van der Waals surface area contributed by atoms with Crippen LogP contribution in [0.1, 0.15) is 11.6 Å². The molecular weight excluding hydrogens is 407 g/mol. The Morgan fingerprint density at radius 1 is 1.11 bits per heavy atom. The van der Waals surface area contributed by atoms with Gasteiger partial charge in [-0.25, -0.2) is 0 Å². The lowest BCUT2D eigenvalue weighted by Gasteiger charge is -2.37. The van der Waals surface area contributed by atoms with E-state index in [1.807, 2.05) is 23.0 Å². The van der Waals surface area contributed by atoms with Gasteiger partial charge in [0, 0.05) is 58.1 Å². The predicted molar refractivity (Wildman–Crippen MR) is 110 cm³/mol. The molecule has 1 aromatic rings. The second kappa shape index (κ2) is 11.6. The summed E-state index contributed by atoms with van der Waals surface area (Å²) < 4.78 is 7.01. The summed E-state index contributed by atoms with van der Waals surface area (Å²) in [6, 6.07) is -0.403. The zero-order valence-electron chi connectivity index (χ0n) is 16.4. The number of rotatable bonds is 5. The SMILES string of the molecule is CNC(C(=O)N1CCN(C(=O)CN2CCOCC2)CC1)c1cnn(C)c1.Cl.Cl. The highest BCUT2D eigenvalue weighted by Gasteiger charge is 2.30. The van der Waals surface area contributed by atoms with Crippen molar-refractivity contribution < 1.29 is 14.3 Å². The molecule has 1 aromatic heterocycles. The molecule has 0 spiro atoms. The molecule has 11 heteroatoms. The minimum Gasteiger partial charge on any atom is -0.379 e. The Bertz CT molecular complexity index is 630. The lowest BCUT2D eigenvalue weighted by molar-refractivity contribution is -0.141. The van der Waals surface area contributed by atoms with Crippen molar-refractivity contribution in [2.24, 2.45) is 7.05 Å². The first-order valence-corrected chi connectivity index (χ1v) is 9.11. The Morgan fingerprint density at radius 3 is 2.25 bits per heavy atom. The van der Waals surface area contributed by atoms with E-state index in [0.29, 0.717) is 45.9 Å². The number of piperazine rings is 1. The monoisotopic (exact) mass is 436 g/mol. The van der Waals surface area contributed by atoms with Crippen LogP contribution in [0.2, 0.25) is 0 Å². The van der Waals surface area contributed by atoms with Crippen LogP contribution in [0.25, 0.3) is 0 Å². The summed E-state index contributed by atoms with van der Waals surface area (Å²) in [4.78, 5) is 31.1. The molecule has 2 fully saturated rings. The molecular formula is C17H30Cl2N6O3. The fourth-order valence-electron chi connectivity index (χ4n) is 3.43. The van der Waals surface area contributed by atoms with Gasteiger partial charge in [-0.2, -0.15) is 5.10 Å². The van der Waals surface area contributed by atoms with Crippen molar-refractivity contribution in [3.05, 3.63) is 18.0 Å². The van der Waals surface area contributed by atoms with Crippen LogP contribution in [0.5, 0.6) is 0 Å². The quantitative estimate of drug-likeness (QED) is 0.671. The number of morpholine rings is 1. The van der Waals surface area contributed by atoms with Crippen LogP contribution in [0.3, 0.4) is 0 Å². The molecule has 0 radical (unpaired) electrons. The van der Waals surface area contributed by atoms with Crippen molar-refractivity contribution in [3.63, 3.8) is 0 Å². The van der Waals surface area contributed by atoms with Crippen LogP contribution >= 0.6 is 24.8 Å². The van der Waals surface area contributed by atoms with E-state index < -0.39 is 6.04 Å². The lowest BCUT2D eigenvalue weighted by atomic mass is 10.1. The molecule has 1 unspecified atom stereocenters. The topological polar surface area (TPSA) is 82.9 Å². The number of nitrogens with one attached hydrogen (secondary N) is 1. The minimum atomic E-state index is -0.403. The second-order valence-electron chi connectivity index (χ2n) is 6.76. The summed E-state index contributed by atoms with van der Waals surface area (Å²) in [6.07, 6.45) is 3.56. The Hall–Kier alpha value is -1.39. The van der Waals surface area contributed by atoms with E-state index in [-0.39, 0.29) is 36.6 Å². The third-order valence-electron chi connectivity index (χ3n) is 5.00. The molecule has 1 N–H and O–H groups in total. The highest BCUT2D eigenvalue weighted by molar-refractivity contribution is 5.85. The molecule has 2 amide bonds. The summed E-state index contributed by atoms with van der Waals surface area (Å²) in [7, 11) is 3.61. The lowest BCUT2D eigenvalue weighted by Crippen LogP contribution is -2.54. The van der Waals surface area contributed by atoms with Crippen molar-refractivity contribution in [3.8, 4) is 0 Å². The van der Waals surface area contributed by atoms with Crippen LogP contribution in [0.15, 0.2) is 12.4 Å². The van der Waals surface area contributed by atoms with Gasteiger partial charge in [-0.15, -0.1) is 24.8 Å². The zero-order valence-corrected chi connectivity index (χ0v) is 18.0. The van der Waals surface area contributed by atoms with Crippen LogP contribution in [0.4, 0.5) is 0 Å². The van der Waals surface area contributed by atoms with Crippen molar-refractivity contribution in [1.29, 1.82) is 0 Å². The van der Waals surface area contributed by atoms with Gasteiger partial charge in [0.2, 0.25) is 11.8 Å². The van der Waals surface area contributed by atoms with Gasteiger partial charge in [0.05, 0.1) is 26.0 Å². The summed E-state index contributed by atoms with van der Waals surface area (Å²) in [5, 5.41) is 7.22. The van der Waals surface area contributed by atoms with E-state index in [2.05, 4.69) is 15.3 Å². The van der Waals surface area contributed by atoms with Gasteiger partial charge in [-0.05, 0) is 7.05 Å². The number of hydrogen-bond donors (Lipinski definition) is 1. The Labute approximate surface area is 178 Å². The summed E-state index contributed by atoms with van der Waals surface area (Å²) in [6.45, 7) is 5.71. The van der Waals surface area contributed by atoms with Crippen molar-refractivity contribution in [1.82, 2.24) is 29.8 Å². The Morgan fingerprint density at radius 2 is 1.71 bits per heavy atom. The van der Waals surface area contributed by atoms with Gasteiger partial charge >= 0.3 is 0 Å². The highest BCUT2D eigenvalue weighted by Crippen LogP contribution is 2.16. The maximum Gasteiger partial charge on any atom is 0.244 e. The van der Waals surface area contributed by atoms with Gasteiger partial charge in [-0.3, -0.25) is 19.2 Å². The molecule has 3 heterocycles. The summed E-state index contributed by atoms with van der Waals surface area (Å²) in [5.41, 5.74) is 0.853. The molecule has 0 aromatic carbocycles. The largest absolute Gasteiger partial charge is 0.379 e. The zero-order chi connectivity index (χ0) is 18.5. The minimum absolute atomic E-state index is 0. The van der Waals surface area contributed by atoms with Crippen molar-refractivity contribution in [2.75, 3.05) is 66.1 Å². The van der Waals surface area contributed by atoms with Gasteiger partial charge in [-0.1, -0.05) is 0 Å². The second-order valence-corrected chi connectivity index (χ2v) is 6.76. The molecule has 2 aliphatic rings. The number of aromatic nitrogens is 2. The van der Waals surface area contributed by atoms with E-state index in [9.17, 15) is 9.59 Å². The Kier molecular flexibility index (Phi) is 10.2. The third-order valence-corrected chi connectivity index (χ3v) is 5.00. The maximum absolute atomic E-state index is 12.8. The van der Waals surface area contributed by atoms with Crippen molar-refractivity contribution in [2.45, 2.75) is 6.04 Å². The third kappa shape index (κ3) is 6.05. The standard InChI is InChI=1S/C17H28N6O3.2ClH/c1-18-16(14-11-19-20(2)12-14)17(25)23-5-3-22(4-6-23)15(24)13-21-7-9-26-10-8-21;;/h11-12,16,18H,3-10,13H2,1-2H3;2*1H. The Balaban J connectivity index is 0.00000196. The van der Waals surface area contributed by atoms with Crippen LogP contribution in [0, 0.1) is 0 Å². The number of aryl methyl sites for hydroxylation is 1. The van der Waals surface area contributed by atoms with Gasteiger partial charge < -0.3 is 19.9 Å². The molecule has 160 valence electrons. The number of halogens is 2. The summed E-state index contributed by atoms with van der Waals surface area (Å²) in [5.74, 6) is 0.164. The van der Waals surface area contributed by atoms with Crippen LogP contribution < -0.4 is 5.32 Å². The first-order chi connectivity index (χ1) is 12.6. The summed E-state index contributed by atoms with van der Waals surface area (Å²) >= 11 is 0. The molecule has 1 atom stereocenters. The predicted octanol–water partition coefficient (Wildman–Crippen LogP) is -0.473. The van der Waals surface area contributed by atoms with E-state index in [0.717, 1.165) is 18.7 Å². The molecule has 2 aliphatic heterocycles. The number of ether oxygens (including phenoxy) is 1. The molecule has 3 rings (SSSR count). The first-order valence-electron chi connectivity index (χ1n) is 9.11. The van der Waals surface area contributed by atoms with Gasteiger partial charge in [0.25, 0.3) is 0 Å². The highest BCUT2D eigenvalue weighted by atomic mass is 35.5. The van der Waals surface area contributed by atoms with Crippen LogP contribution in [-0.4, -0.2) is 102 Å². The number of carbonyl (C=O) groups is 2. The fourth-order valence-corrected chi connectivity index (χ4v) is 3.43. The molecule has 0 bridgehead atoms. The number of hydrogen-bond acceptors (Lipinski definition) is 6. The average molecular weight is 437 g/mol. The van der Waals surface area contributed by atoms with E-state index in [1.165, 1.54) is 0 Å². The number of nitrogens with zero attached hydrogens (tertiary/aromatic N) is 5. The molecule has 0 saturated carbocycles. The molecule has 9 nitrogen and oxygen atoms in total. The van der Waals surface area contributed by atoms with E-state index >= 15 is 0 Å². The number of amides is 2. The van der Waals surface area contributed by atoms with Gasteiger partial charge in [0.15, 0.2) is 0 Å². The maximum atomic E-state index is 12.8. The smallest absolute Gasteiger partial charge is 0.244 e. The van der Waals surface area contributed by atoms with Crippen molar-refractivity contribution >= 4 is 36.6 Å². The first kappa shape index (κ1) is 24.6. The average Bonchev–Trinajstić information content (AvgIpc) is 3.09. The molecule has 28 heavy (non-hydrogen) atoms. The normalized spacial score (nSPS) is 18.8.